The fourth-order valence-corrected chi connectivity index (χ4v) is 1.22. The molecular weight excluding hydrogens is 192 g/mol. The van der Waals surface area contributed by atoms with E-state index in [1.54, 1.807) is 0 Å². The second-order valence-electron chi connectivity index (χ2n) is 4.22. The lowest BCUT2D eigenvalue weighted by atomic mass is 10.0. The molecule has 0 radical (unpaired) electrons. The lowest BCUT2D eigenvalue weighted by Crippen LogP contribution is -2.17. The van der Waals surface area contributed by atoms with E-state index >= 15 is 0 Å². The third-order valence-electron chi connectivity index (χ3n) is 2.42. The molecule has 0 aliphatic heterocycles. The molecule has 1 unspecified atom stereocenters. The van der Waals surface area contributed by atoms with Crippen LogP contribution in [0.25, 0.3) is 0 Å². The summed E-state index contributed by atoms with van der Waals surface area (Å²) in [7, 11) is 0. The zero-order chi connectivity index (χ0) is 11.3. The second-order valence-corrected chi connectivity index (χ2v) is 4.22. The molecule has 1 rings (SSSR count). The van der Waals surface area contributed by atoms with Crippen molar-refractivity contribution < 1.29 is 9.63 Å². The lowest BCUT2D eigenvalue weighted by molar-refractivity contribution is 0.116. The Balaban J connectivity index is 2.45. The predicted octanol–water partition coefficient (Wildman–Crippen LogP) is 1.97. The highest BCUT2D eigenvalue weighted by molar-refractivity contribution is 4.88. The smallest absolute Gasteiger partial charge is 0.229 e. The number of rotatable bonds is 6. The molecule has 0 amide bonds. The van der Waals surface area contributed by atoms with Gasteiger partial charge in [-0.25, -0.2) is 0 Å². The Bertz CT molecular complexity index is 284. The molecule has 0 spiro atoms. The summed E-state index contributed by atoms with van der Waals surface area (Å²) < 4.78 is 5.06. The Morgan fingerprint density at radius 3 is 2.73 bits per heavy atom. The van der Waals surface area contributed by atoms with E-state index in [0.717, 1.165) is 25.1 Å². The molecule has 1 N–H and O–H groups in total. The predicted molar refractivity (Wildman–Crippen MR) is 57.5 cm³/mol. The van der Waals surface area contributed by atoms with Crippen molar-refractivity contribution in [3.05, 3.63) is 11.7 Å². The van der Waals surface area contributed by atoms with Crippen LogP contribution in [0.2, 0.25) is 0 Å². The third kappa shape index (κ3) is 4.00. The fraction of sp³-hybridized carbons (Fsp3) is 0.818. The van der Waals surface area contributed by atoms with Gasteiger partial charge in [-0.2, -0.15) is 4.98 Å². The Labute approximate surface area is 90.7 Å². The fourth-order valence-electron chi connectivity index (χ4n) is 1.22. The van der Waals surface area contributed by atoms with E-state index in [-0.39, 0.29) is 5.92 Å². The van der Waals surface area contributed by atoms with Gasteiger partial charge < -0.3 is 9.63 Å². The van der Waals surface area contributed by atoms with Crippen LogP contribution in [0, 0.1) is 5.92 Å². The quantitative estimate of drug-likeness (QED) is 0.783. The summed E-state index contributed by atoms with van der Waals surface area (Å²) in [6.45, 7) is 6.07. The summed E-state index contributed by atoms with van der Waals surface area (Å²) in [6.07, 6.45) is 3.11. The van der Waals surface area contributed by atoms with Crippen molar-refractivity contribution >= 4 is 0 Å². The van der Waals surface area contributed by atoms with Gasteiger partial charge in [0, 0.05) is 6.42 Å². The average molecular weight is 212 g/mol. The minimum Gasteiger partial charge on any atom is -0.392 e. The Kier molecular flexibility index (Phi) is 4.75. The summed E-state index contributed by atoms with van der Waals surface area (Å²) >= 11 is 0. The standard InChI is InChI=1S/C11H20N2O2/c1-4-5-6-10-12-11(15-13-10)7-9(14)8(2)3/h8-9,14H,4-7H2,1-3H3. The van der Waals surface area contributed by atoms with Crippen LogP contribution in [-0.4, -0.2) is 21.4 Å². The second kappa shape index (κ2) is 5.85. The summed E-state index contributed by atoms with van der Waals surface area (Å²) in [4.78, 5) is 4.23. The lowest BCUT2D eigenvalue weighted by Gasteiger charge is -2.10. The van der Waals surface area contributed by atoms with E-state index in [1.165, 1.54) is 0 Å². The molecule has 0 saturated heterocycles. The van der Waals surface area contributed by atoms with Gasteiger partial charge in [0.25, 0.3) is 0 Å². The maximum absolute atomic E-state index is 9.64. The summed E-state index contributed by atoms with van der Waals surface area (Å²) in [5.74, 6) is 1.51. The topological polar surface area (TPSA) is 59.2 Å². The van der Waals surface area contributed by atoms with Gasteiger partial charge in [0.1, 0.15) is 0 Å². The number of nitrogens with zero attached hydrogens (tertiary/aromatic N) is 2. The number of aromatic nitrogens is 2. The van der Waals surface area contributed by atoms with Crippen molar-refractivity contribution in [2.45, 2.75) is 52.6 Å². The largest absolute Gasteiger partial charge is 0.392 e. The molecule has 0 aromatic carbocycles. The summed E-state index contributed by atoms with van der Waals surface area (Å²) in [5, 5.41) is 13.5. The van der Waals surface area contributed by atoms with Crippen LogP contribution in [0.5, 0.6) is 0 Å². The van der Waals surface area contributed by atoms with Crippen LogP contribution in [0.4, 0.5) is 0 Å². The summed E-state index contributed by atoms with van der Waals surface area (Å²) in [5.41, 5.74) is 0. The minimum absolute atomic E-state index is 0.219. The molecule has 15 heavy (non-hydrogen) atoms. The zero-order valence-corrected chi connectivity index (χ0v) is 9.73. The molecule has 0 fully saturated rings. The molecular formula is C11H20N2O2. The van der Waals surface area contributed by atoms with Crippen molar-refractivity contribution in [3.8, 4) is 0 Å². The van der Waals surface area contributed by atoms with E-state index in [4.69, 9.17) is 4.52 Å². The molecule has 0 aliphatic rings. The van der Waals surface area contributed by atoms with E-state index in [9.17, 15) is 5.11 Å². The van der Waals surface area contributed by atoms with Crippen LogP contribution in [0.3, 0.4) is 0 Å². The van der Waals surface area contributed by atoms with Crippen molar-refractivity contribution in [3.63, 3.8) is 0 Å². The molecule has 0 aliphatic carbocycles. The molecule has 86 valence electrons. The Hall–Kier alpha value is -0.900. The molecule has 0 saturated carbocycles. The minimum atomic E-state index is -0.399. The third-order valence-corrected chi connectivity index (χ3v) is 2.42. The van der Waals surface area contributed by atoms with Gasteiger partial charge in [0.2, 0.25) is 5.89 Å². The Morgan fingerprint density at radius 2 is 2.13 bits per heavy atom. The summed E-state index contributed by atoms with van der Waals surface area (Å²) in [6, 6.07) is 0. The first kappa shape index (κ1) is 12.2. The number of aliphatic hydroxyl groups is 1. The average Bonchev–Trinajstić information content (AvgIpc) is 2.62. The van der Waals surface area contributed by atoms with Crippen molar-refractivity contribution in [2.24, 2.45) is 5.92 Å². The molecule has 4 heteroatoms. The SMILES string of the molecule is CCCCc1noc(CC(O)C(C)C)n1. The van der Waals surface area contributed by atoms with Gasteiger partial charge in [-0.05, 0) is 12.3 Å². The monoisotopic (exact) mass is 212 g/mol. The zero-order valence-electron chi connectivity index (χ0n) is 9.73. The van der Waals surface area contributed by atoms with Gasteiger partial charge in [0.15, 0.2) is 5.82 Å². The van der Waals surface area contributed by atoms with Gasteiger partial charge in [-0.3, -0.25) is 0 Å². The Morgan fingerprint density at radius 1 is 1.40 bits per heavy atom. The molecule has 4 nitrogen and oxygen atoms in total. The van der Waals surface area contributed by atoms with Gasteiger partial charge in [0.05, 0.1) is 12.5 Å². The van der Waals surface area contributed by atoms with Crippen molar-refractivity contribution in [2.75, 3.05) is 0 Å². The maximum atomic E-state index is 9.64. The van der Waals surface area contributed by atoms with Gasteiger partial charge >= 0.3 is 0 Å². The van der Waals surface area contributed by atoms with Crippen LogP contribution in [-0.2, 0) is 12.8 Å². The molecule has 1 aromatic rings. The van der Waals surface area contributed by atoms with Gasteiger partial charge in [-0.15, -0.1) is 0 Å². The van der Waals surface area contributed by atoms with E-state index in [0.29, 0.717) is 12.3 Å². The first-order valence-corrected chi connectivity index (χ1v) is 5.63. The number of hydrogen-bond acceptors (Lipinski definition) is 4. The van der Waals surface area contributed by atoms with Crippen LogP contribution >= 0.6 is 0 Å². The number of hydrogen-bond donors (Lipinski definition) is 1. The van der Waals surface area contributed by atoms with E-state index in [1.807, 2.05) is 13.8 Å². The first-order chi connectivity index (χ1) is 7.13. The van der Waals surface area contributed by atoms with Crippen molar-refractivity contribution in [1.29, 1.82) is 0 Å². The number of aliphatic hydroxyl groups excluding tert-OH is 1. The highest BCUT2D eigenvalue weighted by Gasteiger charge is 2.14. The van der Waals surface area contributed by atoms with E-state index in [2.05, 4.69) is 17.1 Å². The normalized spacial score (nSPS) is 13.4. The number of aryl methyl sites for hydroxylation is 1. The van der Waals surface area contributed by atoms with Gasteiger partial charge in [-0.1, -0.05) is 32.3 Å². The van der Waals surface area contributed by atoms with Crippen LogP contribution in [0.1, 0.15) is 45.3 Å². The maximum Gasteiger partial charge on any atom is 0.229 e. The highest BCUT2D eigenvalue weighted by Crippen LogP contribution is 2.09. The highest BCUT2D eigenvalue weighted by atomic mass is 16.5. The van der Waals surface area contributed by atoms with E-state index < -0.39 is 6.10 Å². The number of unbranched alkanes of at least 4 members (excludes halogenated alkanes) is 1. The molecule has 0 bridgehead atoms. The molecule has 1 heterocycles. The van der Waals surface area contributed by atoms with Crippen LogP contribution in [0.15, 0.2) is 4.52 Å². The molecule has 1 atom stereocenters. The van der Waals surface area contributed by atoms with Crippen LogP contribution < -0.4 is 0 Å². The first-order valence-electron chi connectivity index (χ1n) is 5.63. The van der Waals surface area contributed by atoms with Crippen molar-refractivity contribution in [1.82, 2.24) is 10.1 Å². The molecule has 1 aromatic heterocycles.